The third kappa shape index (κ3) is 4.66. The van der Waals surface area contributed by atoms with Gasteiger partial charge in [0.05, 0.1) is 0 Å². The van der Waals surface area contributed by atoms with Gasteiger partial charge in [-0.2, -0.15) is 0 Å². The fraction of sp³-hybridized carbons (Fsp3) is 0.929. The zero-order valence-electron chi connectivity index (χ0n) is 11.8. The molecule has 0 saturated carbocycles. The van der Waals surface area contributed by atoms with Gasteiger partial charge in [0.15, 0.2) is 0 Å². The van der Waals surface area contributed by atoms with Gasteiger partial charge in [-0.05, 0) is 38.8 Å². The molecule has 1 fully saturated rings. The molecule has 3 heteroatoms. The summed E-state index contributed by atoms with van der Waals surface area (Å²) < 4.78 is 0. The van der Waals surface area contributed by atoms with E-state index in [2.05, 4.69) is 31.1 Å². The minimum atomic E-state index is 0. The average molecular weight is 242 g/mol. The van der Waals surface area contributed by atoms with Crippen LogP contribution in [0.15, 0.2) is 0 Å². The Kier molecular flexibility index (Phi) is 5.96. The fourth-order valence-corrected chi connectivity index (χ4v) is 2.54. The molecule has 2 atom stereocenters. The van der Waals surface area contributed by atoms with E-state index in [4.69, 9.17) is 0 Å². The molecule has 0 radical (unpaired) electrons. The number of piperidine rings is 1. The second kappa shape index (κ2) is 7.00. The predicted octanol–water partition coefficient (Wildman–Crippen LogP) is 2.66. The van der Waals surface area contributed by atoms with Gasteiger partial charge in [-0.3, -0.25) is 4.79 Å². The maximum absolute atomic E-state index is 11.5. The summed E-state index contributed by atoms with van der Waals surface area (Å²) in [5.74, 6) is 0.697. The van der Waals surface area contributed by atoms with E-state index in [0.717, 1.165) is 6.42 Å². The van der Waals surface area contributed by atoms with E-state index >= 15 is 0 Å². The van der Waals surface area contributed by atoms with Crippen LogP contribution in [0.25, 0.3) is 0 Å². The lowest BCUT2D eigenvalue weighted by atomic mass is 9.91. The molecule has 1 saturated heterocycles. The number of carbonyl (C=O) groups excluding carboxylic acids is 1. The number of amides is 1. The number of rotatable bonds is 5. The van der Waals surface area contributed by atoms with Crippen molar-refractivity contribution in [3.05, 3.63) is 0 Å². The second-order valence-electron chi connectivity index (χ2n) is 5.64. The number of hydrogen-bond acceptors (Lipinski definition) is 2. The van der Waals surface area contributed by atoms with E-state index in [9.17, 15) is 4.79 Å². The molecule has 1 amide bonds. The zero-order chi connectivity index (χ0) is 12.8. The maximum atomic E-state index is 11.5. The Morgan fingerprint density at radius 1 is 1.47 bits per heavy atom. The molecule has 0 bridgehead atoms. The summed E-state index contributed by atoms with van der Waals surface area (Å²) in [5, 5.41) is 3.17. The first kappa shape index (κ1) is 14.5. The number of carbonyl (C=O) groups is 1. The summed E-state index contributed by atoms with van der Waals surface area (Å²) in [6.07, 6.45) is 5.62. The van der Waals surface area contributed by atoms with Crippen LogP contribution >= 0.6 is 0 Å². The Hall–Kier alpha value is -0.570. The highest BCUT2D eigenvalue weighted by Gasteiger charge is 2.25. The van der Waals surface area contributed by atoms with E-state index in [-0.39, 0.29) is 7.33 Å². The highest BCUT2D eigenvalue weighted by atomic mass is 16.1. The Labute approximate surface area is 107 Å². The van der Waals surface area contributed by atoms with Crippen molar-refractivity contribution in [3.8, 4) is 0 Å². The first-order valence-corrected chi connectivity index (χ1v) is 7.04. The molecule has 0 spiro atoms. The molecule has 0 unspecified atom stereocenters. The number of hydrogen-bond donors (Lipinski definition) is 1. The van der Waals surface area contributed by atoms with Crippen molar-refractivity contribution in [1.82, 2.24) is 10.2 Å². The summed E-state index contributed by atoms with van der Waals surface area (Å²) >= 11 is 0. The average Bonchev–Trinajstić information content (AvgIpc) is 2.30. The summed E-state index contributed by atoms with van der Waals surface area (Å²) in [6, 6.07) is 0.973. The third-order valence-electron chi connectivity index (χ3n) is 3.92. The molecular formula is C14H30N2O. The molecule has 0 aliphatic carbocycles. The molecule has 1 N–H and O–H groups in total. The van der Waals surface area contributed by atoms with Crippen LogP contribution in [-0.4, -0.2) is 36.5 Å². The van der Waals surface area contributed by atoms with Crippen molar-refractivity contribution < 1.29 is 6.22 Å². The number of likely N-dealkylation sites (tertiary alicyclic amines) is 1. The SMILES string of the molecule is CCC(=O)N[C@@H](C[C@@H]1CCCCN1C)C(C)C.[HH]. The van der Waals surface area contributed by atoms with Crippen molar-refractivity contribution in [2.24, 2.45) is 5.92 Å². The summed E-state index contributed by atoms with van der Waals surface area (Å²) in [7, 11) is 2.21. The molecule has 0 aromatic rings. The molecular weight excluding hydrogens is 212 g/mol. The van der Waals surface area contributed by atoms with E-state index < -0.39 is 0 Å². The highest BCUT2D eigenvalue weighted by molar-refractivity contribution is 5.75. The molecule has 0 aromatic carbocycles. The van der Waals surface area contributed by atoms with Gasteiger partial charge >= 0.3 is 0 Å². The zero-order valence-corrected chi connectivity index (χ0v) is 11.8. The molecule has 17 heavy (non-hydrogen) atoms. The highest BCUT2D eigenvalue weighted by Crippen LogP contribution is 2.21. The maximum Gasteiger partial charge on any atom is 0.219 e. The molecule has 1 heterocycles. The van der Waals surface area contributed by atoms with Gasteiger partial charge < -0.3 is 10.2 Å². The van der Waals surface area contributed by atoms with Crippen LogP contribution in [0.3, 0.4) is 0 Å². The van der Waals surface area contributed by atoms with Gasteiger partial charge in [-0.15, -0.1) is 0 Å². The standard InChI is InChI=1S/C14H28N2O.H2/c1-5-14(17)15-13(11(2)3)10-12-8-6-7-9-16(12)4;/h11-13H,5-10H2,1-4H3,(H,15,17);1H/t12-,13-;/m0./s1. The lowest BCUT2D eigenvalue weighted by Crippen LogP contribution is -2.45. The van der Waals surface area contributed by atoms with Crippen molar-refractivity contribution >= 4 is 5.91 Å². The Morgan fingerprint density at radius 2 is 2.18 bits per heavy atom. The van der Waals surface area contributed by atoms with Gasteiger partial charge in [0.25, 0.3) is 0 Å². The Morgan fingerprint density at radius 3 is 2.71 bits per heavy atom. The fourth-order valence-electron chi connectivity index (χ4n) is 2.54. The lowest BCUT2D eigenvalue weighted by Gasteiger charge is -2.36. The van der Waals surface area contributed by atoms with Crippen LogP contribution in [0.1, 0.15) is 54.3 Å². The minimum Gasteiger partial charge on any atom is -0.353 e. The third-order valence-corrected chi connectivity index (χ3v) is 3.92. The van der Waals surface area contributed by atoms with Gasteiger partial charge in [-0.1, -0.05) is 27.2 Å². The first-order valence-electron chi connectivity index (χ1n) is 7.04. The topological polar surface area (TPSA) is 32.3 Å². The number of nitrogens with zero attached hydrogens (tertiary/aromatic N) is 1. The van der Waals surface area contributed by atoms with Crippen molar-refractivity contribution in [1.29, 1.82) is 0 Å². The molecule has 1 rings (SSSR count). The quantitative estimate of drug-likeness (QED) is 0.804. The summed E-state index contributed by atoms with van der Waals surface area (Å²) in [5.41, 5.74) is 0. The van der Waals surface area contributed by atoms with E-state index in [1.165, 1.54) is 25.8 Å². The van der Waals surface area contributed by atoms with E-state index in [1.54, 1.807) is 0 Å². The van der Waals surface area contributed by atoms with Gasteiger partial charge in [0, 0.05) is 19.9 Å². The van der Waals surface area contributed by atoms with Gasteiger partial charge in [-0.25, -0.2) is 0 Å². The Balaban J connectivity index is 0.00000289. The van der Waals surface area contributed by atoms with Gasteiger partial charge in [0.1, 0.15) is 0 Å². The summed E-state index contributed by atoms with van der Waals surface area (Å²) in [4.78, 5) is 14.0. The van der Waals surface area contributed by atoms with Crippen LogP contribution in [0.5, 0.6) is 0 Å². The predicted molar refractivity (Wildman–Crippen MR) is 74.1 cm³/mol. The van der Waals surface area contributed by atoms with Crippen molar-refractivity contribution in [2.45, 2.75) is 65.0 Å². The van der Waals surface area contributed by atoms with Crippen LogP contribution in [0, 0.1) is 5.92 Å². The monoisotopic (exact) mass is 242 g/mol. The molecule has 1 aliphatic rings. The van der Waals surface area contributed by atoms with Crippen molar-refractivity contribution in [3.63, 3.8) is 0 Å². The normalized spacial score (nSPS) is 23.7. The van der Waals surface area contributed by atoms with E-state index in [1.807, 2.05) is 6.92 Å². The first-order chi connectivity index (χ1) is 8.04. The molecule has 1 aliphatic heterocycles. The Bertz CT molecular complexity index is 246. The smallest absolute Gasteiger partial charge is 0.219 e. The van der Waals surface area contributed by atoms with Crippen LogP contribution in [0.4, 0.5) is 0 Å². The van der Waals surface area contributed by atoms with Crippen LogP contribution in [0.2, 0.25) is 0 Å². The number of nitrogens with one attached hydrogen (secondary N) is 1. The van der Waals surface area contributed by atoms with Crippen LogP contribution in [-0.2, 0) is 4.79 Å². The van der Waals surface area contributed by atoms with Gasteiger partial charge in [0.2, 0.25) is 5.91 Å². The summed E-state index contributed by atoms with van der Waals surface area (Å²) in [6.45, 7) is 7.52. The van der Waals surface area contributed by atoms with E-state index in [0.29, 0.717) is 24.4 Å². The largest absolute Gasteiger partial charge is 0.353 e. The minimum absolute atomic E-state index is 0. The van der Waals surface area contributed by atoms with Crippen molar-refractivity contribution in [2.75, 3.05) is 13.6 Å². The molecule has 0 aromatic heterocycles. The second-order valence-corrected chi connectivity index (χ2v) is 5.64. The molecule has 102 valence electrons. The van der Waals surface area contributed by atoms with Crippen LogP contribution < -0.4 is 5.32 Å². The molecule has 3 nitrogen and oxygen atoms in total. The lowest BCUT2D eigenvalue weighted by molar-refractivity contribution is -0.121.